The molecule has 2 aromatic rings. The highest BCUT2D eigenvalue weighted by molar-refractivity contribution is 9.10. The van der Waals surface area contributed by atoms with E-state index in [2.05, 4.69) is 64.6 Å². The molecule has 100 valence electrons. The quantitative estimate of drug-likeness (QED) is 0.829. The molecule has 0 saturated heterocycles. The first kappa shape index (κ1) is 14.6. The summed E-state index contributed by atoms with van der Waals surface area (Å²) in [5, 5.41) is 4.11. The summed E-state index contributed by atoms with van der Waals surface area (Å²) >= 11 is 9.54. The fourth-order valence-corrected chi connectivity index (χ4v) is 2.72. The third-order valence-electron chi connectivity index (χ3n) is 3.26. The first-order valence-corrected chi connectivity index (χ1v) is 7.54. The lowest BCUT2D eigenvalue weighted by atomic mass is 9.97. The topological polar surface area (TPSA) is 12.0 Å². The van der Waals surface area contributed by atoms with Crippen LogP contribution in [0.3, 0.4) is 0 Å². The van der Waals surface area contributed by atoms with Crippen LogP contribution in [0, 0.1) is 0 Å². The van der Waals surface area contributed by atoms with Crippen molar-refractivity contribution in [2.75, 3.05) is 7.05 Å². The lowest BCUT2D eigenvalue weighted by Crippen LogP contribution is -2.17. The monoisotopic (exact) mass is 337 g/mol. The molecule has 1 nitrogen and oxygen atoms in total. The number of hydrogen-bond donors (Lipinski definition) is 1. The van der Waals surface area contributed by atoms with Crippen molar-refractivity contribution >= 4 is 27.5 Å². The molecule has 0 spiro atoms. The Labute approximate surface area is 128 Å². The number of halogens is 2. The van der Waals surface area contributed by atoms with E-state index in [0.717, 1.165) is 15.9 Å². The second-order valence-corrected chi connectivity index (χ2v) is 5.76. The van der Waals surface area contributed by atoms with Crippen LogP contribution in [0.15, 0.2) is 46.9 Å². The van der Waals surface area contributed by atoms with E-state index in [1.165, 1.54) is 16.7 Å². The fraction of sp³-hybridized carbons (Fsp3) is 0.250. The minimum atomic E-state index is 0.181. The molecule has 0 radical (unpaired) electrons. The van der Waals surface area contributed by atoms with Crippen molar-refractivity contribution in [1.29, 1.82) is 0 Å². The molecular weight excluding hydrogens is 322 g/mol. The van der Waals surface area contributed by atoms with Gasteiger partial charge in [-0.05, 0) is 58.2 Å². The van der Waals surface area contributed by atoms with Gasteiger partial charge in [-0.1, -0.05) is 48.9 Å². The van der Waals surface area contributed by atoms with Gasteiger partial charge in [0.05, 0.1) is 11.1 Å². The molecule has 0 saturated carbocycles. The molecule has 3 heteroatoms. The summed E-state index contributed by atoms with van der Waals surface area (Å²) in [6.07, 6.45) is 1.05. The molecule has 1 unspecified atom stereocenters. The SMILES string of the molecule is CCc1cccc(C(NC)c2ccc(Cl)c(Br)c2)c1. The van der Waals surface area contributed by atoms with Crippen molar-refractivity contribution in [2.24, 2.45) is 0 Å². The van der Waals surface area contributed by atoms with Gasteiger partial charge in [-0.3, -0.25) is 0 Å². The smallest absolute Gasteiger partial charge is 0.0574 e. The Bertz CT molecular complexity index is 568. The Morgan fingerprint density at radius 2 is 1.89 bits per heavy atom. The van der Waals surface area contributed by atoms with Gasteiger partial charge in [0.2, 0.25) is 0 Å². The minimum Gasteiger partial charge on any atom is -0.309 e. The van der Waals surface area contributed by atoms with Gasteiger partial charge in [0, 0.05) is 4.47 Å². The molecule has 0 amide bonds. The second kappa shape index (κ2) is 6.56. The first-order chi connectivity index (χ1) is 9.15. The van der Waals surface area contributed by atoms with E-state index in [4.69, 9.17) is 11.6 Å². The third kappa shape index (κ3) is 3.38. The summed E-state index contributed by atoms with van der Waals surface area (Å²) in [4.78, 5) is 0. The fourth-order valence-electron chi connectivity index (χ4n) is 2.21. The maximum Gasteiger partial charge on any atom is 0.0574 e. The van der Waals surface area contributed by atoms with Crippen LogP contribution in [0.25, 0.3) is 0 Å². The summed E-state index contributed by atoms with van der Waals surface area (Å²) < 4.78 is 0.929. The number of benzene rings is 2. The maximum atomic E-state index is 6.05. The van der Waals surface area contributed by atoms with Crippen molar-refractivity contribution in [3.63, 3.8) is 0 Å². The average Bonchev–Trinajstić information content (AvgIpc) is 2.44. The predicted octanol–water partition coefficient (Wildman–Crippen LogP) is 4.97. The van der Waals surface area contributed by atoms with Crippen LogP contribution in [-0.4, -0.2) is 7.05 Å². The number of hydrogen-bond acceptors (Lipinski definition) is 1. The van der Waals surface area contributed by atoms with E-state index in [9.17, 15) is 0 Å². The van der Waals surface area contributed by atoms with Crippen LogP contribution in [-0.2, 0) is 6.42 Å². The van der Waals surface area contributed by atoms with Gasteiger partial charge in [0.25, 0.3) is 0 Å². The Kier molecular flexibility index (Phi) is 5.03. The van der Waals surface area contributed by atoms with E-state index in [1.54, 1.807) is 0 Å². The zero-order valence-electron chi connectivity index (χ0n) is 11.1. The molecule has 0 aromatic heterocycles. The Morgan fingerprint density at radius 1 is 1.16 bits per heavy atom. The number of rotatable bonds is 4. The second-order valence-electron chi connectivity index (χ2n) is 4.49. The van der Waals surface area contributed by atoms with E-state index in [-0.39, 0.29) is 6.04 Å². The van der Waals surface area contributed by atoms with Crippen LogP contribution in [0.4, 0.5) is 0 Å². The minimum absolute atomic E-state index is 0.181. The molecule has 2 rings (SSSR count). The molecule has 1 N–H and O–H groups in total. The summed E-state index contributed by atoms with van der Waals surface area (Å²) in [6.45, 7) is 2.17. The predicted molar refractivity (Wildman–Crippen MR) is 85.9 cm³/mol. The summed E-state index contributed by atoms with van der Waals surface area (Å²) in [5.74, 6) is 0. The molecule has 0 aliphatic heterocycles. The van der Waals surface area contributed by atoms with Gasteiger partial charge in [-0.25, -0.2) is 0 Å². The Morgan fingerprint density at radius 3 is 2.53 bits per heavy atom. The van der Waals surface area contributed by atoms with Crippen molar-refractivity contribution in [3.05, 3.63) is 68.7 Å². The maximum absolute atomic E-state index is 6.05. The van der Waals surface area contributed by atoms with Crippen LogP contribution >= 0.6 is 27.5 Å². The van der Waals surface area contributed by atoms with E-state index >= 15 is 0 Å². The van der Waals surface area contributed by atoms with Crippen LogP contribution in [0.1, 0.15) is 29.7 Å². The van der Waals surface area contributed by atoms with E-state index in [0.29, 0.717) is 0 Å². The Hall–Kier alpha value is -0.830. The van der Waals surface area contributed by atoms with Gasteiger partial charge in [-0.15, -0.1) is 0 Å². The third-order valence-corrected chi connectivity index (χ3v) is 4.47. The largest absolute Gasteiger partial charge is 0.309 e. The van der Waals surface area contributed by atoms with Gasteiger partial charge in [0.1, 0.15) is 0 Å². The highest BCUT2D eigenvalue weighted by Crippen LogP contribution is 2.29. The molecule has 0 bridgehead atoms. The van der Waals surface area contributed by atoms with E-state index in [1.807, 2.05) is 13.1 Å². The van der Waals surface area contributed by atoms with Crippen molar-refractivity contribution in [2.45, 2.75) is 19.4 Å². The average molecular weight is 339 g/mol. The number of aryl methyl sites for hydroxylation is 1. The normalized spacial score (nSPS) is 12.4. The van der Waals surface area contributed by atoms with Crippen LogP contribution < -0.4 is 5.32 Å². The van der Waals surface area contributed by atoms with Crippen molar-refractivity contribution in [3.8, 4) is 0 Å². The lowest BCUT2D eigenvalue weighted by molar-refractivity contribution is 0.690. The summed E-state index contributed by atoms with van der Waals surface area (Å²) in [5.41, 5.74) is 3.83. The molecule has 2 aromatic carbocycles. The molecule has 0 fully saturated rings. The molecule has 1 atom stereocenters. The zero-order chi connectivity index (χ0) is 13.8. The van der Waals surface area contributed by atoms with Crippen LogP contribution in [0.2, 0.25) is 5.02 Å². The highest BCUT2D eigenvalue weighted by Gasteiger charge is 2.13. The van der Waals surface area contributed by atoms with E-state index < -0.39 is 0 Å². The summed E-state index contributed by atoms with van der Waals surface area (Å²) in [7, 11) is 1.98. The molecule has 0 heterocycles. The molecule has 19 heavy (non-hydrogen) atoms. The highest BCUT2D eigenvalue weighted by atomic mass is 79.9. The van der Waals surface area contributed by atoms with Gasteiger partial charge < -0.3 is 5.32 Å². The van der Waals surface area contributed by atoms with Crippen molar-refractivity contribution in [1.82, 2.24) is 5.32 Å². The Balaban J connectivity index is 2.40. The zero-order valence-corrected chi connectivity index (χ0v) is 13.4. The standard InChI is InChI=1S/C16H17BrClN/c1-3-11-5-4-6-12(9-11)16(19-2)13-7-8-15(18)14(17)10-13/h4-10,16,19H,3H2,1-2H3. The molecule has 0 aliphatic carbocycles. The first-order valence-electron chi connectivity index (χ1n) is 6.36. The van der Waals surface area contributed by atoms with Gasteiger partial charge >= 0.3 is 0 Å². The molecule has 0 aliphatic rings. The van der Waals surface area contributed by atoms with Crippen molar-refractivity contribution < 1.29 is 0 Å². The number of nitrogens with one attached hydrogen (secondary N) is 1. The summed E-state index contributed by atoms with van der Waals surface area (Å²) in [6, 6.07) is 14.9. The lowest BCUT2D eigenvalue weighted by Gasteiger charge is -2.18. The van der Waals surface area contributed by atoms with Crippen LogP contribution in [0.5, 0.6) is 0 Å². The molecular formula is C16H17BrClN. The van der Waals surface area contributed by atoms with Gasteiger partial charge in [-0.2, -0.15) is 0 Å². The van der Waals surface area contributed by atoms with Gasteiger partial charge in [0.15, 0.2) is 0 Å².